The molecule has 3 rings (SSSR count). The second kappa shape index (κ2) is 8.93. The maximum absolute atomic E-state index is 14.0. The van der Waals surface area contributed by atoms with Gasteiger partial charge in [-0.2, -0.15) is 0 Å². The van der Waals surface area contributed by atoms with Crippen LogP contribution in [0, 0.1) is 17.6 Å². The lowest BCUT2D eigenvalue weighted by Crippen LogP contribution is -2.14. The van der Waals surface area contributed by atoms with Crippen LogP contribution in [0.25, 0.3) is 11.1 Å². The molecule has 3 aromatic carbocycles. The first-order valence-electron chi connectivity index (χ1n) is 9.50. The molecular formula is C23H23F2NO3S. The third kappa shape index (κ3) is 4.86. The van der Waals surface area contributed by atoms with Crippen molar-refractivity contribution >= 4 is 15.7 Å². The molecule has 0 spiro atoms. The number of aliphatic hydroxyl groups excluding tert-OH is 1. The second-order valence-corrected chi connectivity index (χ2v) is 9.09. The molecule has 0 aliphatic heterocycles. The lowest BCUT2D eigenvalue weighted by atomic mass is 9.89. The van der Waals surface area contributed by atoms with Gasteiger partial charge in [0.1, 0.15) is 11.6 Å². The Hall–Kier alpha value is -2.77. The van der Waals surface area contributed by atoms with Gasteiger partial charge in [0.25, 0.3) is 10.0 Å². The molecule has 3 aromatic rings. The van der Waals surface area contributed by atoms with Crippen molar-refractivity contribution in [2.75, 3.05) is 11.3 Å². The number of anilines is 1. The van der Waals surface area contributed by atoms with E-state index in [1.165, 1.54) is 30.3 Å². The highest BCUT2D eigenvalue weighted by molar-refractivity contribution is 7.92. The molecule has 7 heteroatoms. The number of hydrogen-bond acceptors (Lipinski definition) is 3. The molecular weight excluding hydrogens is 408 g/mol. The quantitative estimate of drug-likeness (QED) is 0.543. The Kier molecular flexibility index (Phi) is 6.53. The van der Waals surface area contributed by atoms with E-state index in [2.05, 4.69) is 4.72 Å². The van der Waals surface area contributed by atoms with E-state index < -0.39 is 21.7 Å². The van der Waals surface area contributed by atoms with Crippen LogP contribution in [0.1, 0.15) is 25.3 Å². The normalized spacial score (nSPS) is 12.7. The van der Waals surface area contributed by atoms with Gasteiger partial charge in [-0.25, -0.2) is 17.2 Å². The second-order valence-electron chi connectivity index (χ2n) is 7.41. The number of aliphatic hydroxyl groups is 1. The average molecular weight is 432 g/mol. The monoisotopic (exact) mass is 431 g/mol. The molecule has 1 atom stereocenters. The summed E-state index contributed by atoms with van der Waals surface area (Å²) < 4.78 is 55.1. The van der Waals surface area contributed by atoms with Crippen molar-refractivity contribution in [2.45, 2.75) is 24.7 Å². The minimum absolute atomic E-state index is 0.0155. The zero-order valence-electron chi connectivity index (χ0n) is 16.6. The number of nitrogens with one attached hydrogen (secondary N) is 1. The Morgan fingerprint density at radius 3 is 2.27 bits per heavy atom. The molecule has 30 heavy (non-hydrogen) atoms. The Bertz CT molecular complexity index is 1130. The molecule has 0 bridgehead atoms. The predicted molar refractivity (Wildman–Crippen MR) is 114 cm³/mol. The third-order valence-electron chi connectivity index (χ3n) is 4.98. The summed E-state index contributed by atoms with van der Waals surface area (Å²) in [7, 11) is -3.86. The lowest BCUT2D eigenvalue weighted by molar-refractivity contribution is 0.237. The highest BCUT2D eigenvalue weighted by Gasteiger charge is 2.18. The lowest BCUT2D eigenvalue weighted by Gasteiger charge is -2.19. The minimum Gasteiger partial charge on any atom is -0.396 e. The fourth-order valence-electron chi connectivity index (χ4n) is 3.29. The van der Waals surface area contributed by atoms with Crippen LogP contribution in [0.2, 0.25) is 0 Å². The van der Waals surface area contributed by atoms with Crippen molar-refractivity contribution in [3.63, 3.8) is 0 Å². The van der Waals surface area contributed by atoms with Gasteiger partial charge in [0.2, 0.25) is 0 Å². The van der Waals surface area contributed by atoms with E-state index in [0.29, 0.717) is 11.3 Å². The molecule has 0 radical (unpaired) electrons. The summed E-state index contributed by atoms with van der Waals surface area (Å²) in [4.78, 5) is 0.0155. The summed E-state index contributed by atoms with van der Waals surface area (Å²) in [6.07, 6.45) is 0. The molecule has 158 valence electrons. The van der Waals surface area contributed by atoms with E-state index in [9.17, 15) is 22.3 Å². The van der Waals surface area contributed by atoms with Gasteiger partial charge in [-0.3, -0.25) is 4.72 Å². The average Bonchev–Trinajstić information content (AvgIpc) is 2.68. The maximum atomic E-state index is 14.0. The number of rotatable bonds is 7. The topological polar surface area (TPSA) is 66.4 Å². The van der Waals surface area contributed by atoms with Gasteiger partial charge in [0.15, 0.2) is 0 Å². The van der Waals surface area contributed by atoms with Crippen LogP contribution in [0.4, 0.5) is 14.5 Å². The first kappa shape index (κ1) is 21.9. The van der Waals surface area contributed by atoms with Crippen LogP contribution in [0.15, 0.2) is 71.6 Å². The van der Waals surface area contributed by atoms with E-state index in [-0.39, 0.29) is 28.9 Å². The molecule has 0 aromatic heterocycles. The molecule has 4 nitrogen and oxygen atoms in total. The standard InChI is InChI=1S/C23H23F2NO3S/c1-15(2)22(14-27)17-4-3-5-19(12-17)26-30(28,29)20-9-6-16(7-10-20)21-11-8-18(24)13-23(21)25/h3-13,15,22,26-27H,14H2,1-2H3. The predicted octanol–water partition coefficient (Wildman–Crippen LogP) is 5.16. The minimum atomic E-state index is -3.86. The van der Waals surface area contributed by atoms with Crippen molar-refractivity contribution in [1.82, 2.24) is 0 Å². The molecule has 0 fully saturated rings. The Morgan fingerprint density at radius 2 is 1.67 bits per heavy atom. The largest absolute Gasteiger partial charge is 0.396 e. The maximum Gasteiger partial charge on any atom is 0.261 e. The van der Waals surface area contributed by atoms with E-state index in [4.69, 9.17) is 0 Å². The molecule has 2 N–H and O–H groups in total. The summed E-state index contributed by atoms with van der Waals surface area (Å²) in [5, 5.41) is 9.62. The van der Waals surface area contributed by atoms with E-state index >= 15 is 0 Å². The smallest absolute Gasteiger partial charge is 0.261 e. The van der Waals surface area contributed by atoms with E-state index in [0.717, 1.165) is 17.7 Å². The number of hydrogen-bond donors (Lipinski definition) is 2. The van der Waals surface area contributed by atoms with Gasteiger partial charge in [-0.15, -0.1) is 0 Å². The highest BCUT2D eigenvalue weighted by atomic mass is 32.2. The van der Waals surface area contributed by atoms with Crippen LogP contribution in [0.3, 0.4) is 0 Å². The van der Waals surface area contributed by atoms with Gasteiger partial charge < -0.3 is 5.11 Å². The summed E-state index contributed by atoms with van der Waals surface area (Å²) in [5.41, 5.74) is 1.86. The third-order valence-corrected chi connectivity index (χ3v) is 6.37. The van der Waals surface area contributed by atoms with E-state index in [1.54, 1.807) is 18.2 Å². The molecule has 1 unspecified atom stereocenters. The van der Waals surface area contributed by atoms with Crippen LogP contribution >= 0.6 is 0 Å². The summed E-state index contributed by atoms with van der Waals surface area (Å²) in [5.74, 6) is -1.30. The molecule has 0 amide bonds. The zero-order chi connectivity index (χ0) is 21.9. The molecule has 0 saturated heterocycles. The fraction of sp³-hybridized carbons (Fsp3) is 0.217. The van der Waals surface area contributed by atoms with Crippen molar-refractivity contribution in [1.29, 1.82) is 0 Å². The zero-order valence-corrected chi connectivity index (χ0v) is 17.5. The SMILES string of the molecule is CC(C)C(CO)c1cccc(NS(=O)(=O)c2ccc(-c3ccc(F)cc3F)cc2)c1. The van der Waals surface area contributed by atoms with Crippen LogP contribution in [0.5, 0.6) is 0 Å². The molecule has 0 aliphatic rings. The molecule has 0 heterocycles. The van der Waals surface area contributed by atoms with Crippen molar-refractivity contribution in [2.24, 2.45) is 5.92 Å². The summed E-state index contributed by atoms with van der Waals surface area (Å²) in [6.45, 7) is 3.95. The summed E-state index contributed by atoms with van der Waals surface area (Å²) in [6, 6.07) is 15.9. The van der Waals surface area contributed by atoms with Crippen LogP contribution in [-0.4, -0.2) is 20.1 Å². The Labute approximate surface area is 175 Å². The van der Waals surface area contributed by atoms with Gasteiger partial charge >= 0.3 is 0 Å². The van der Waals surface area contributed by atoms with Gasteiger partial charge in [-0.05, 0) is 53.4 Å². The number of benzene rings is 3. The first-order chi connectivity index (χ1) is 14.2. The van der Waals surface area contributed by atoms with Gasteiger partial charge in [-0.1, -0.05) is 38.1 Å². The van der Waals surface area contributed by atoms with Gasteiger partial charge in [0, 0.05) is 23.2 Å². The first-order valence-corrected chi connectivity index (χ1v) is 11.0. The molecule has 0 aliphatic carbocycles. The summed E-state index contributed by atoms with van der Waals surface area (Å²) >= 11 is 0. The van der Waals surface area contributed by atoms with E-state index in [1.807, 2.05) is 19.9 Å². The Morgan fingerprint density at radius 1 is 0.967 bits per heavy atom. The Balaban J connectivity index is 1.84. The highest BCUT2D eigenvalue weighted by Crippen LogP contribution is 2.28. The van der Waals surface area contributed by atoms with Crippen molar-refractivity contribution in [3.05, 3.63) is 83.9 Å². The van der Waals surface area contributed by atoms with Crippen molar-refractivity contribution < 1.29 is 22.3 Å². The van der Waals surface area contributed by atoms with Crippen LogP contribution < -0.4 is 4.72 Å². The fourth-order valence-corrected chi connectivity index (χ4v) is 4.33. The number of halogens is 2. The van der Waals surface area contributed by atoms with Crippen molar-refractivity contribution in [3.8, 4) is 11.1 Å². The van der Waals surface area contributed by atoms with Crippen LogP contribution in [-0.2, 0) is 10.0 Å². The number of sulfonamides is 1. The molecule has 0 saturated carbocycles. The van der Waals surface area contributed by atoms with Gasteiger partial charge in [0.05, 0.1) is 11.5 Å².